The normalized spacial score (nSPS) is 12.1. The van der Waals surface area contributed by atoms with E-state index in [-0.39, 0.29) is 19.0 Å². The van der Waals surface area contributed by atoms with E-state index in [2.05, 4.69) is 4.72 Å². The standard InChI is InChI=1S/C9H20N2O4S/c1-5-15-9(12)6-7-11(4)16(13,14)10-8(2)3/h8,10H,5-7H2,1-4H3. The molecule has 1 N–H and O–H groups in total. The van der Waals surface area contributed by atoms with Crippen LogP contribution in [0.25, 0.3) is 0 Å². The van der Waals surface area contributed by atoms with Crippen molar-refractivity contribution in [3.05, 3.63) is 0 Å². The third-order valence-corrected chi connectivity index (χ3v) is 3.50. The number of carbonyl (C=O) groups excluding carboxylic acids is 1. The molecule has 0 aromatic carbocycles. The van der Waals surface area contributed by atoms with E-state index in [1.807, 2.05) is 0 Å². The van der Waals surface area contributed by atoms with E-state index in [1.165, 1.54) is 7.05 Å². The molecule has 0 rings (SSSR count). The molecule has 0 aliphatic carbocycles. The smallest absolute Gasteiger partial charge is 0.307 e. The van der Waals surface area contributed by atoms with E-state index in [1.54, 1.807) is 20.8 Å². The van der Waals surface area contributed by atoms with Crippen LogP contribution in [0.1, 0.15) is 27.2 Å². The van der Waals surface area contributed by atoms with Gasteiger partial charge in [0.25, 0.3) is 10.2 Å². The Morgan fingerprint density at radius 2 is 2.00 bits per heavy atom. The third-order valence-electron chi connectivity index (χ3n) is 1.73. The van der Waals surface area contributed by atoms with E-state index < -0.39 is 16.2 Å². The molecule has 0 fully saturated rings. The fourth-order valence-corrected chi connectivity index (χ4v) is 2.10. The molecular formula is C9H20N2O4S. The molecule has 0 saturated carbocycles. The average molecular weight is 252 g/mol. The van der Waals surface area contributed by atoms with Gasteiger partial charge in [-0.2, -0.15) is 17.4 Å². The monoisotopic (exact) mass is 252 g/mol. The quantitative estimate of drug-likeness (QED) is 0.653. The van der Waals surface area contributed by atoms with Gasteiger partial charge < -0.3 is 4.74 Å². The SMILES string of the molecule is CCOC(=O)CCN(C)S(=O)(=O)NC(C)C. The summed E-state index contributed by atoms with van der Waals surface area (Å²) in [6.07, 6.45) is 0.0589. The van der Waals surface area contributed by atoms with Crippen LogP contribution in [0.15, 0.2) is 0 Å². The second kappa shape index (κ2) is 6.82. The molecular weight excluding hydrogens is 232 g/mol. The molecule has 0 aliphatic heterocycles. The molecule has 0 aromatic rings. The summed E-state index contributed by atoms with van der Waals surface area (Å²) in [6.45, 7) is 5.59. The van der Waals surface area contributed by atoms with Crippen molar-refractivity contribution in [1.82, 2.24) is 9.03 Å². The van der Waals surface area contributed by atoms with Crippen molar-refractivity contribution < 1.29 is 17.9 Å². The van der Waals surface area contributed by atoms with Crippen LogP contribution >= 0.6 is 0 Å². The molecule has 7 heteroatoms. The van der Waals surface area contributed by atoms with Crippen LogP contribution < -0.4 is 4.72 Å². The van der Waals surface area contributed by atoms with Crippen molar-refractivity contribution >= 4 is 16.2 Å². The molecule has 0 unspecified atom stereocenters. The first-order valence-electron chi connectivity index (χ1n) is 5.18. The number of esters is 1. The second-order valence-corrected chi connectivity index (χ2v) is 5.46. The van der Waals surface area contributed by atoms with Crippen LogP contribution in [0.4, 0.5) is 0 Å². The molecule has 0 aromatic heterocycles. The lowest BCUT2D eigenvalue weighted by atomic mass is 10.4. The highest BCUT2D eigenvalue weighted by Crippen LogP contribution is 1.98. The third kappa shape index (κ3) is 6.04. The number of rotatable bonds is 7. The van der Waals surface area contributed by atoms with Crippen LogP contribution in [-0.2, 0) is 19.7 Å². The van der Waals surface area contributed by atoms with Crippen LogP contribution in [0.5, 0.6) is 0 Å². The molecule has 0 amide bonds. The van der Waals surface area contributed by atoms with Crippen molar-refractivity contribution in [2.45, 2.75) is 33.2 Å². The zero-order valence-corrected chi connectivity index (χ0v) is 11.0. The first-order valence-corrected chi connectivity index (χ1v) is 6.62. The number of hydrogen-bond donors (Lipinski definition) is 1. The summed E-state index contributed by atoms with van der Waals surface area (Å²) in [5, 5.41) is 0. The van der Waals surface area contributed by atoms with Crippen molar-refractivity contribution in [1.29, 1.82) is 0 Å². The van der Waals surface area contributed by atoms with E-state index in [9.17, 15) is 13.2 Å². The number of hydrogen-bond acceptors (Lipinski definition) is 4. The predicted molar refractivity (Wildman–Crippen MR) is 61.1 cm³/mol. The van der Waals surface area contributed by atoms with Crippen LogP contribution in [0, 0.1) is 0 Å². The molecule has 6 nitrogen and oxygen atoms in total. The number of carbonyl (C=O) groups is 1. The zero-order valence-electron chi connectivity index (χ0n) is 10.2. The van der Waals surface area contributed by atoms with Gasteiger partial charge in [-0.05, 0) is 20.8 Å². The Labute approximate surface area is 97.1 Å². The topological polar surface area (TPSA) is 75.7 Å². The van der Waals surface area contributed by atoms with Crippen LogP contribution in [0.2, 0.25) is 0 Å². The van der Waals surface area contributed by atoms with Crippen LogP contribution in [-0.4, -0.2) is 44.9 Å². The van der Waals surface area contributed by atoms with Crippen molar-refractivity contribution in [3.63, 3.8) is 0 Å². The Hall–Kier alpha value is -0.660. The van der Waals surface area contributed by atoms with Crippen molar-refractivity contribution in [2.24, 2.45) is 0 Å². The molecule has 0 bridgehead atoms. The van der Waals surface area contributed by atoms with Crippen molar-refractivity contribution in [3.8, 4) is 0 Å². The van der Waals surface area contributed by atoms with Gasteiger partial charge in [0.15, 0.2) is 0 Å². The summed E-state index contributed by atoms with van der Waals surface area (Å²) < 4.78 is 31.4. The number of nitrogens with zero attached hydrogens (tertiary/aromatic N) is 1. The fraction of sp³-hybridized carbons (Fsp3) is 0.889. The summed E-state index contributed by atoms with van der Waals surface area (Å²) in [4.78, 5) is 11.0. The zero-order chi connectivity index (χ0) is 12.8. The van der Waals surface area contributed by atoms with Gasteiger partial charge >= 0.3 is 5.97 Å². The molecule has 0 aliphatic rings. The summed E-state index contributed by atoms with van der Waals surface area (Å²) in [5.74, 6) is -0.394. The first kappa shape index (κ1) is 15.3. The van der Waals surface area contributed by atoms with Gasteiger partial charge in [0.1, 0.15) is 0 Å². The molecule has 0 atom stereocenters. The van der Waals surface area contributed by atoms with E-state index in [0.717, 1.165) is 4.31 Å². The van der Waals surface area contributed by atoms with Gasteiger partial charge in [-0.3, -0.25) is 4.79 Å². The van der Waals surface area contributed by atoms with Gasteiger partial charge in [0.2, 0.25) is 0 Å². The lowest BCUT2D eigenvalue weighted by molar-refractivity contribution is -0.143. The highest BCUT2D eigenvalue weighted by molar-refractivity contribution is 7.87. The van der Waals surface area contributed by atoms with Gasteiger partial charge in [0.05, 0.1) is 13.0 Å². The van der Waals surface area contributed by atoms with Gasteiger partial charge in [-0.1, -0.05) is 0 Å². The summed E-state index contributed by atoms with van der Waals surface area (Å²) in [7, 11) is -2.07. The van der Waals surface area contributed by atoms with E-state index >= 15 is 0 Å². The average Bonchev–Trinajstić information content (AvgIpc) is 2.12. The first-order chi connectivity index (χ1) is 7.29. The Morgan fingerprint density at radius 3 is 2.44 bits per heavy atom. The molecule has 16 heavy (non-hydrogen) atoms. The molecule has 0 heterocycles. The maximum Gasteiger partial charge on any atom is 0.307 e. The van der Waals surface area contributed by atoms with Gasteiger partial charge in [-0.25, -0.2) is 0 Å². The predicted octanol–water partition coefficient (Wildman–Crippen LogP) is 0.114. The minimum Gasteiger partial charge on any atom is -0.466 e. The summed E-state index contributed by atoms with van der Waals surface area (Å²) in [6, 6.07) is -0.171. The Bertz CT molecular complexity index is 313. The second-order valence-electron chi connectivity index (χ2n) is 3.65. The van der Waals surface area contributed by atoms with Crippen LogP contribution in [0.3, 0.4) is 0 Å². The van der Waals surface area contributed by atoms with Crippen molar-refractivity contribution in [2.75, 3.05) is 20.2 Å². The largest absolute Gasteiger partial charge is 0.466 e. The Balaban J connectivity index is 4.15. The molecule has 0 saturated heterocycles. The minimum atomic E-state index is -3.49. The van der Waals surface area contributed by atoms with E-state index in [4.69, 9.17) is 4.74 Å². The van der Waals surface area contributed by atoms with Gasteiger partial charge in [0, 0.05) is 19.6 Å². The summed E-state index contributed by atoms with van der Waals surface area (Å²) in [5.41, 5.74) is 0. The molecule has 0 radical (unpaired) electrons. The van der Waals surface area contributed by atoms with E-state index in [0.29, 0.717) is 6.61 Å². The lowest BCUT2D eigenvalue weighted by Gasteiger charge is -2.18. The highest BCUT2D eigenvalue weighted by Gasteiger charge is 2.19. The maximum atomic E-state index is 11.6. The fourth-order valence-electron chi connectivity index (χ4n) is 0.990. The number of nitrogens with one attached hydrogen (secondary N) is 1. The Kier molecular flexibility index (Phi) is 6.54. The number of ether oxygens (including phenoxy) is 1. The Morgan fingerprint density at radius 1 is 1.44 bits per heavy atom. The maximum absolute atomic E-state index is 11.6. The lowest BCUT2D eigenvalue weighted by Crippen LogP contribution is -2.42. The highest BCUT2D eigenvalue weighted by atomic mass is 32.2. The molecule has 96 valence electrons. The van der Waals surface area contributed by atoms with Gasteiger partial charge in [-0.15, -0.1) is 0 Å². The minimum absolute atomic E-state index is 0.0589. The summed E-state index contributed by atoms with van der Waals surface area (Å²) >= 11 is 0. The molecule has 0 spiro atoms.